The van der Waals surface area contributed by atoms with E-state index in [1.807, 2.05) is 0 Å². The summed E-state index contributed by atoms with van der Waals surface area (Å²) in [6, 6.07) is 20.3. The normalized spacial score (nSPS) is 16.9. The molecule has 2 amide bonds. The van der Waals surface area contributed by atoms with Crippen LogP contribution < -0.4 is 10.1 Å². The van der Waals surface area contributed by atoms with E-state index in [4.69, 9.17) is 16.3 Å². The van der Waals surface area contributed by atoms with Crippen molar-refractivity contribution in [3.05, 3.63) is 89.2 Å². The van der Waals surface area contributed by atoms with E-state index in [1.165, 1.54) is 22.7 Å². The maximum Gasteiger partial charge on any atom is 0.238 e. The smallest absolute Gasteiger partial charge is 0.238 e. The number of halogens is 2. The topological polar surface area (TPSA) is 71.0 Å². The highest BCUT2D eigenvalue weighted by atomic mass is 35.5. The van der Waals surface area contributed by atoms with E-state index in [9.17, 15) is 14.0 Å². The van der Waals surface area contributed by atoms with Gasteiger partial charge in [-0.3, -0.25) is 14.5 Å². The molecule has 3 aromatic carbocycles. The number of thioether (sulfide) groups is 1. The summed E-state index contributed by atoms with van der Waals surface area (Å²) in [4.78, 5) is 32.3. The molecule has 1 saturated heterocycles. The second-order valence-electron chi connectivity index (χ2n) is 7.79. The van der Waals surface area contributed by atoms with Gasteiger partial charge in [0, 0.05) is 23.7 Å². The van der Waals surface area contributed by atoms with E-state index >= 15 is 0 Å². The number of nitrogens with one attached hydrogen (secondary N) is 1. The molecule has 0 aliphatic carbocycles. The molecule has 0 bridgehead atoms. The van der Waals surface area contributed by atoms with Crippen molar-refractivity contribution in [3.63, 3.8) is 0 Å². The second kappa shape index (κ2) is 11.4. The zero-order valence-corrected chi connectivity index (χ0v) is 20.5. The summed E-state index contributed by atoms with van der Waals surface area (Å²) in [7, 11) is 1.57. The monoisotopic (exact) mass is 511 g/mol. The molecule has 3 aromatic rings. The summed E-state index contributed by atoms with van der Waals surface area (Å²) in [5.74, 6) is -0.195. The zero-order valence-electron chi connectivity index (χ0n) is 18.9. The van der Waals surface area contributed by atoms with Crippen LogP contribution in [0.2, 0.25) is 5.02 Å². The lowest BCUT2D eigenvalue weighted by molar-refractivity contribution is -0.129. The molecule has 9 heteroatoms. The molecule has 4 rings (SSSR count). The quantitative estimate of drug-likeness (QED) is 0.442. The first-order chi connectivity index (χ1) is 16.9. The number of ether oxygens (including phenoxy) is 1. The number of aliphatic imine (C=N–C) groups is 1. The Morgan fingerprint density at radius 1 is 1.14 bits per heavy atom. The van der Waals surface area contributed by atoms with Crippen LogP contribution in [0.1, 0.15) is 12.0 Å². The molecule has 0 aromatic heterocycles. The number of anilines is 1. The molecule has 1 atom stereocenters. The maximum absolute atomic E-state index is 14.1. The molecule has 1 N–H and O–H groups in total. The Morgan fingerprint density at radius 2 is 1.86 bits per heavy atom. The van der Waals surface area contributed by atoms with E-state index in [0.717, 1.165) is 0 Å². The highest BCUT2D eigenvalue weighted by molar-refractivity contribution is 8.15. The van der Waals surface area contributed by atoms with Crippen LogP contribution in [0.3, 0.4) is 0 Å². The van der Waals surface area contributed by atoms with E-state index < -0.39 is 5.25 Å². The number of hydrogen-bond donors (Lipinski definition) is 1. The number of carbonyl (C=O) groups excluding carboxylic acids is 2. The molecule has 0 radical (unpaired) electrons. The van der Waals surface area contributed by atoms with Gasteiger partial charge in [0.25, 0.3) is 0 Å². The van der Waals surface area contributed by atoms with Crippen molar-refractivity contribution in [2.24, 2.45) is 4.99 Å². The minimum atomic E-state index is -0.666. The Labute approximate surface area is 212 Å². The van der Waals surface area contributed by atoms with Crippen LogP contribution in [0, 0.1) is 5.82 Å². The fourth-order valence-corrected chi connectivity index (χ4v) is 4.77. The molecule has 6 nitrogen and oxygen atoms in total. The minimum absolute atomic E-state index is 0.00354. The first kappa shape index (κ1) is 24.8. The fraction of sp³-hybridized carbons (Fsp3) is 0.192. The Kier molecular flexibility index (Phi) is 8.05. The molecule has 0 spiro atoms. The van der Waals surface area contributed by atoms with Gasteiger partial charge >= 0.3 is 0 Å². The van der Waals surface area contributed by atoms with Crippen molar-refractivity contribution in [3.8, 4) is 5.75 Å². The molecule has 1 aliphatic rings. The predicted molar refractivity (Wildman–Crippen MR) is 138 cm³/mol. The Hall–Kier alpha value is -3.36. The van der Waals surface area contributed by atoms with Crippen LogP contribution >= 0.6 is 23.4 Å². The molecule has 1 heterocycles. The molecule has 0 saturated carbocycles. The van der Waals surface area contributed by atoms with Crippen LogP contribution in [0.4, 0.5) is 15.8 Å². The third-order valence-electron chi connectivity index (χ3n) is 5.40. The Bertz CT molecular complexity index is 1240. The van der Waals surface area contributed by atoms with Crippen molar-refractivity contribution in [1.82, 2.24) is 4.90 Å². The predicted octanol–water partition coefficient (Wildman–Crippen LogP) is 5.69. The lowest BCUT2D eigenvalue weighted by Gasteiger charge is -2.32. The number of amides is 2. The number of rotatable bonds is 7. The van der Waals surface area contributed by atoms with Gasteiger partial charge in [0.15, 0.2) is 5.17 Å². The molecular formula is C26H23ClFN3O3S. The highest BCUT2D eigenvalue weighted by Gasteiger charge is 2.36. The summed E-state index contributed by atoms with van der Waals surface area (Å²) in [5, 5.41) is 3.13. The van der Waals surface area contributed by atoms with Gasteiger partial charge in [-0.25, -0.2) is 9.38 Å². The maximum atomic E-state index is 14.1. The summed E-state index contributed by atoms with van der Waals surface area (Å²) >= 11 is 7.19. The first-order valence-electron chi connectivity index (χ1n) is 10.9. The third kappa shape index (κ3) is 6.41. The van der Waals surface area contributed by atoms with Gasteiger partial charge in [-0.15, -0.1) is 0 Å². The summed E-state index contributed by atoms with van der Waals surface area (Å²) < 4.78 is 19.3. The lowest BCUT2D eigenvalue weighted by atomic mass is 10.1. The third-order valence-corrected chi connectivity index (χ3v) is 6.84. The van der Waals surface area contributed by atoms with Gasteiger partial charge in [-0.2, -0.15) is 0 Å². The van der Waals surface area contributed by atoms with Crippen molar-refractivity contribution < 1.29 is 18.7 Å². The van der Waals surface area contributed by atoms with Crippen molar-refractivity contribution in [2.45, 2.75) is 18.1 Å². The highest BCUT2D eigenvalue weighted by Crippen LogP contribution is 2.31. The largest absolute Gasteiger partial charge is 0.497 e. The van der Waals surface area contributed by atoms with E-state index in [1.54, 1.807) is 73.8 Å². The molecular weight excluding hydrogens is 489 g/mol. The van der Waals surface area contributed by atoms with Crippen LogP contribution in [0.15, 0.2) is 77.8 Å². The van der Waals surface area contributed by atoms with E-state index in [0.29, 0.717) is 39.3 Å². The molecule has 180 valence electrons. The van der Waals surface area contributed by atoms with E-state index in [-0.39, 0.29) is 30.6 Å². The van der Waals surface area contributed by atoms with Crippen molar-refractivity contribution in [1.29, 1.82) is 0 Å². The number of amidine groups is 1. The Morgan fingerprint density at radius 3 is 2.54 bits per heavy atom. The van der Waals surface area contributed by atoms with Crippen LogP contribution in [0.25, 0.3) is 0 Å². The van der Waals surface area contributed by atoms with Crippen LogP contribution in [-0.4, -0.2) is 40.8 Å². The fourth-order valence-electron chi connectivity index (χ4n) is 3.52. The van der Waals surface area contributed by atoms with Gasteiger partial charge in [-0.1, -0.05) is 41.6 Å². The second-order valence-corrected chi connectivity index (χ2v) is 9.39. The average Bonchev–Trinajstić information content (AvgIpc) is 2.86. The zero-order chi connectivity index (χ0) is 24.8. The molecule has 1 fully saturated rings. The molecule has 35 heavy (non-hydrogen) atoms. The van der Waals surface area contributed by atoms with Crippen molar-refractivity contribution in [2.75, 3.05) is 19.0 Å². The van der Waals surface area contributed by atoms with Gasteiger partial charge in [0.2, 0.25) is 11.8 Å². The van der Waals surface area contributed by atoms with Crippen LogP contribution in [0.5, 0.6) is 5.75 Å². The summed E-state index contributed by atoms with van der Waals surface area (Å²) in [5.41, 5.74) is 1.70. The molecule has 1 aliphatic heterocycles. The molecule has 1 unspecified atom stereocenters. The standard InChI is InChI=1S/C26H23ClFN3O3S/c1-34-21-12-10-19(11-13-21)29-25(33)23-16-24(32)31(15-14-17-4-2-3-5-22(17)28)26(35-23)30-20-8-6-18(27)7-9-20/h2-13,23H,14-16H2,1H3,(H,29,33). The number of carbonyl (C=O) groups is 2. The number of benzene rings is 3. The van der Waals surface area contributed by atoms with E-state index in [2.05, 4.69) is 10.3 Å². The van der Waals surface area contributed by atoms with Gasteiger partial charge in [0.05, 0.1) is 12.8 Å². The van der Waals surface area contributed by atoms with Crippen molar-refractivity contribution >= 4 is 51.7 Å². The summed E-state index contributed by atoms with van der Waals surface area (Å²) in [6.45, 7) is 0.242. The average molecular weight is 512 g/mol. The van der Waals surface area contributed by atoms with Gasteiger partial charge in [-0.05, 0) is 66.6 Å². The number of nitrogens with zero attached hydrogens (tertiary/aromatic N) is 2. The SMILES string of the molecule is COc1ccc(NC(=O)C2CC(=O)N(CCc3ccccc3F)C(=Nc3ccc(Cl)cc3)S2)cc1. The van der Waals surface area contributed by atoms with Gasteiger partial charge in [0.1, 0.15) is 16.8 Å². The first-order valence-corrected chi connectivity index (χ1v) is 12.2. The van der Waals surface area contributed by atoms with Crippen LogP contribution in [-0.2, 0) is 16.0 Å². The van der Waals surface area contributed by atoms with Gasteiger partial charge < -0.3 is 10.1 Å². The number of methoxy groups -OCH3 is 1. The summed E-state index contributed by atoms with van der Waals surface area (Å²) in [6.07, 6.45) is 0.324. The Balaban J connectivity index is 1.54. The number of hydrogen-bond acceptors (Lipinski definition) is 5. The lowest BCUT2D eigenvalue weighted by Crippen LogP contribution is -2.46. The minimum Gasteiger partial charge on any atom is -0.497 e.